The Morgan fingerprint density at radius 3 is 3.05 bits per heavy atom. The maximum Gasteiger partial charge on any atom is 0.221 e. The molecule has 1 aromatic carbocycles. The Morgan fingerprint density at radius 2 is 2.29 bits per heavy atom. The van der Waals surface area contributed by atoms with Gasteiger partial charge in [0.1, 0.15) is 5.75 Å². The highest BCUT2D eigenvalue weighted by Gasteiger charge is 2.20. The third-order valence-electron chi connectivity index (χ3n) is 4.21. The van der Waals surface area contributed by atoms with Gasteiger partial charge in [-0.3, -0.25) is 4.79 Å². The molecule has 4 nitrogen and oxygen atoms in total. The highest BCUT2D eigenvalue weighted by molar-refractivity contribution is 5.76. The lowest BCUT2D eigenvalue weighted by Gasteiger charge is -2.26. The lowest BCUT2D eigenvalue weighted by Crippen LogP contribution is -2.35. The quantitative estimate of drug-likeness (QED) is 0.755. The number of hydrogen-bond donors (Lipinski definition) is 3. The third-order valence-corrected chi connectivity index (χ3v) is 4.21. The Balaban J connectivity index is 1.85. The van der Waals surface area contributed by atoms with Gasteiger partial charge in [-0.15, -0.1) is 0 Å². The molecule has 21 heavy (non-hydrogen) atoms. The fraction of sp³-hybridized carbons (Fsp3) is 0.588. The van der Waals surface area contributed by atoms with E-state index in [1.165, 1.54) is 11.1 Å². The van der Waals surface area contributed by atoms with Gasteiger partial charge in [-0.05, 0) is 55.9 Å². The Hall–Kier alpha value is -1.55. The zero-order valence-electron chi connectivity index (χ0n) is 13.0. The van der Waals surface area contributed by atoms with Crippen LogP contribution in [0.3, 0.4) is 0 Å². The fourth-order valence-corrected chi connectivity index (χ4v) is 2.81. The van der Waals surface area contributed by atoms with Crippen molar-refractivity contribution in [3.63, 3.8) is 0 Å². The maximum absolute atomic E-state index is 11.8. The molecule has 0 spiro atoms. The van der Waals surface area contributed by atoms with Crippen molar-refractivity contribution in [2.75, 3.05) is 6.54 Å². The fourth-order valence-electron chi connectivity index (χ4n) is 2.81. The summed E-state index contributed by atoms with van der Waals surface area (Å²) >= 11 is 0. The number of phenols is 1. The minimum atomic E-state index is 0.101. The van der Waals surface area contributed by atoms with Crippen molar-refractivity contribution in [1.29, 1.82) is 0 Å². The van der Waals surface area contributed by atoms with E-state index in [2.05, 4.69) is 17.6 Å². The molecule has 1 aliphatic rings. The van der Waals surface area contributed by atoms with Crippen LogP contribution >= 0.6 is 0 Å². The zero-order chi connectivity index (χ0) is 15.2. The molecule has 0 aromatic heterocycles. The Kier molecular flexibility index (Phi) is 5.62. The molecule has 0 heterocycles. The summed E-state index contributed by atoms with van der Waals surface area (Å²) < 4.78 is 0. The van der Waals surface area contributed by atoms with E-state index in [1.54, 1.807) is 6.07 Å². The van der Waals surface area contributed by atoms with Crippen LogP contribution in [0.1, 0.15) is 56.7 Å². The molecule has 0 aliphatic heterocycles. The molecule has 0 bridgehead atoms. The van der Waals surface area contributed by atoms with Crippen molar-refractivity contribution >= 4 is 5.91 Å². The summed E-state index contributed by atoms with van der Waals surface area (Å²) in [6, 6.07) is 6.10. The Bertz CT molecular complexity index is 488. The van der Waals surface area contributed by atoms with E-state index in [-0.39, 0.29) is 18.0 Å². The molecule has 116 valence electrons. The maximum atomic E-state index is 11.8. The first-order valence-corrected chi connectivity index (χ1v) is 7.94. The van der Waals surface area contributed by atoms with Gasteiger partial charge in [0.05, 0.1) is 0 Å². The van der Waals surface area contributed by atoms with Crippen LogP contribution in [-0.4, -0.2) is 23.6 Å². The number of carbonyl (C=O) groups is 1. The number of nitrogens with one attached hydrogen (secondary N) is 2. The largest absolute Gasteiger partial charge is 0.508 e. The van der Waals surface area contributed by atoms with Crippen molar-refractivity contribution in [1.82, 2.24) is 10.6 Å². The first-order valence-electron chi connectivity index (χ1n) is 7.94. The summed E-state index contributed by atoms with van der Waals surface area (Å²) in [6.07, 6.45) is 4.73. The lowest BCUT2D eigenvalue weighted by atomic mass is 9.87. The van der Waals surface area contributed by atoms with Crippen LogP contribution in [0.15, 0.2) is 18.2 Å². The average Bonchev–Trinajstić information content (AvgIpc) is 2.47. The van der Waals surface area contributed by atoms with Gasteiger partial charge in [0.2, 0.25) is 5.91 Å². The number of aryl methyl sites for hydroxylation is 1. The van der Waals surface area contributed by atoms with E-state index in [0.717, 1.165) is 25.7 Å². The van der Waals surface area contributed by atoms with Crippen molar-refractivity contribution in [2.45, 2.75) is 58.0 Å². The van der Waals surface area contributed by atoms with Gasteiger partial charge < -0.3 is 15.7 Å². The molecule has 3 N–H and O–H groups in total. The summed E-state index contributed by atoms with van der Waals surface area (Å²) in [5.41, 5.74) is 2.49. The average molecular weight is 290 g/mol. The number of aromatic hydroxyl groups is 1. The SMILES string of the molecule is CCC(C)NC(=O)CCNC1CCCc2ccc(O)cc21. The molecule has 0 saturated heterocycles. The zero-order valence-corrected chi connectivity index (χ0v) is 13.0. The molecule has 1 amide bonds. The van der Waals surface area contributed by atoms with Crippen molar-refractivity contribution in [3.05, 3.63) is 29.3 Å². The van der Waals surface area contributed by atoms with Gasteiger partial charge >= 0.3 is 0 Å². The first kappa shape index (κ1) is 15.8. The number of fused-ring (bicyclic) bond motifs is 1. The van der Waals surface area contributed by atoms with Gasteiger partial charge in [0.25, 0.3) is 0 Å². The summed E-state index contributed by atoms with van der Waals surface area (Å²) in [7, 11) is 0. The molecule has 4 heteroatoms. The van der Waals surface area contributed by atoms with E-state index in [9.17, 15) is 9.90 Å². The number of rotatable bonds is 6. The minimum Gasteiger partial charge on any atom is -0.508 e. The molecule has 0 radical (unpaired) electrons. The van der Waals surface area contributed by atoms with E-state index >= 15 is 0 Å². The summed E-state index contributed by atoms with van der Waals surface area (Å²) in [5, 5.41) is 16.1. The third kappa shape index (κ3) is 4.46. The van der Waals surface area contributed by atoms with E-state index < -0.39 is 0 Å². The van der Waals surface area contributed by atoms with Crippen LogP contribution in [0.4, 0.5) is 0 Å². The molecule has 2 atom stereocenters. The smallest absolute Gasteiger partial charge is 0.221 e. The molecule has 2 rings (SSSR count). The van der Waals surface area contributed by atoms with Gasteiger partial charge in [0, 0.05) is 25.0 Å². The second-order valence-electron chi connectivity index (χ2n) is 5.91. The highest BCUT2D eigenvalue weighted by Crippen LogP contribution is 2.31. The van der Waals surface area contributed by atoms with Crippen LogP contribution in [-0.2, 0) is 11.2 Å². The molecule has 1 aromatic rings. The van der Waals surface area contributed by atoms with Crippen LogP contribution < -0.4 is 10.6 Å². The van der Waals surface area contributed by atoms with E-state index in [0.29, 0.717) is 18.7 Å². The second kappa shape index (κ2) is 7.46. The molecule has 0 fully saturated rings. The minimum absolute atomic E-state index is 0.101. The number of hydrogen-bond acceptors (Lipinski definition) is 3. The first-order chi connectivity index (χ1) is 10.1. The van der Waals surface area contributed by atoms with Crippen molar-refractivity contribution in [3.8, 4) is 5.75 Å². The summed E-state index contributed by atoms with van der Waals surface area (Å²) in [5.74, 6) is 0.417. The van der Waals surface area contributed by atoms with E-state index in [1.807, 2.05) is 19.1 Å². The van der Waals surface area contributed by atoms with Crippen molar-refractivity contribution in [2.24, 2.45) is 0 Å². The summed E-state index contributed by atoms with van der Waals surface area (Å²) in [6.45, 7) is 4.75. The van der Waals surface area contributed by atoms with Gasteiger partial charge in [-0.1, -0.05) is 13.0 Å². The van der Waals surface area contributed by atoms with E-state index in [4.69, 9.17) is 0 Å². The monoisotopic (exact) mass is 290 g/mol. The molecular formula is C17H26N2O2. The number of phenolic OH excluding ortho intramolecular Hbond substituents is 1. The predicted molar refractivity (Wildman–Crippen MR) is 84.3 cm³/mol. The second-order valence-corrected chi connectivity index (χ2v) is 5.91. The number of amides is 1. The molecular weight excluding hydrogens is 264 g/mol. The standard InChI is InChI=1S/C17H26N2O2/c1-3-12(2)19-17(21)9-10-18-16-6-4-5-13-7-8-14(20)11-15(13)16/h7-8,11-12,16,18,20H,3-6,9-10H2,1-2H3,(H,19,21). The number of benzene rings is 1. The van der Waals surface area contributed by atoms with Crippen molar-refractivity contribution < 1.29 is 9.90 Å². The Labute approximate surface area is 126 Å². The molecule has 2 unspecified atom stereocenters. The normalized spacial score (nSPS) is 18.9. The van der Waals surface area contributed by atoms with Crippen LogP contribution in [0.5, 0.6) is 5.75 Å². The molecule has 0 saturated carbocycles. The van der Waals surface area contributed by atoms with Crippen LogP contribution in [0.2, 0.25) is 0 Å². The summed E-state index contributed by atoms with van der Waals surface area (Å²) in [4.78, 5) is 11.8. The van der Waals surface area contributed by atoms with Crippen LogP contribution in [0.25, 0.3) is 0 Å². The van der Waals surface area contributed by atoms with Crippen LogP contribution in [0, 0.1) is 0 Å². The van der Waals surface area contributed by atoms with Gasteiger partial charge in [0.15, 0.2) is 0 Å². The predicted octanol–water partition coefficient (Wildman–Crippen LogP) is 2.66. The van der Waals surface area contributed by atoms with Gasteiger partial charge in [-0.25, -0.2) is 0 Å². The number of carbonyl (C=O) groups excluding carboxylic acids is 1. The van der Waals surface area contributed by atoms with Gasteiger partial charge in [-0.2, -0.15) is 0 Å². The molecule has 1 aliphatic carbocycles. The topological polar surface area (TPSA) is 61.4 Å². The Morgan fingerprint density at radius 1 is 1.48 bits per heavy atom. The lowest BCUT2D eigenvalue weighted by molar-refractivity contribution is -0.121. The highest BCUT2D eigenvalue weighted by atomic mass is 16.3.